The first-order valence-corrected chi connectivity index (χ1v) is 7.27. The molecule has 0 spiro atoms. The molecule has 5 heteroatoms. The highest BCUT2D eigenvalue weighted by molar-refractivity contribution is 6.01. The number of rotatable bonds is 3. The van der Waals surface area contributed by atoms with Gasteiger partial charge in [0.25, 0.3) is 5.91 Å². The molecule has 3 aromatic rings. The van der Waals surface area contributed by atoms with Gasteiger partial charge in [0.1, 0.15) is 12.3 Å². The van der Waals surface area contributed by atoms with Crippen LogP contribution < -0.4 is 0 Å². The van der Waals surface area contributed by atoms with Crippen molar-refractivity contribution >= 4 is 22.8 Å². The Kier molecular flexibility index (Phi) is 3.93. The second-order valence-corrected chi connectivity index (χ2v) is 5.33. The van der Waals surface area contributed by atoms with Gasteiger partial charge in [0, 0.05) is 17.9 Å². The molecule has 23 heavy (non-hydrogen) atoms. The van der Waals surface area contributed by atoms with E-state index in [2.05, 4.69) is 5.10 Å². The predicted octanol–water partition coefficient (Wildman–Crippen LogP) is 3.10. The van der Waals surface area contributed by atoms with Gasteiger partial charge in [0.15, 0.2) is 0 Å². The fraction of sp³-hybridized carbons (Fsp3) is 0.167. The smallest absolute Gasteiger partial charge is 0.303 e. The lowest BCUT2D eigenvalue weighted by Gasteiger charge is -2.03. The highest BCUT2D eigenvalue weighted by Gasteiger charge is 2.17. The SMILES string of the molecule is CC(=O)OCc1nn(C(=O)c2cccc(C)c2)c2ccccc12. The van der Waals surface area contributed by atoms with E-state index in [9.17, 15) is 9.59 Å². The zero-order valence-corrected chi connectivity index (χ0v) is 12.9. The summed E-state index contributed by atoms with van der Waals surface area (Å²) in [4.78, 5) is 23.8. The third-order valence-electron chi connectivity index (χ3n) is 3.53. The maximum atomic E-state index is 12.8. The van der Waals surface area contributed by atoms with E-state index in [0.717, 1.165) is 10.9 Å². The molecular formula is C18H16N2O3. The molecular weight excluding hydrogens is 292 g/mol. The lowest BCUT2D eigenvalue weighted by molar-refractivity contribution is -0.142. The Bertz CT molecular complexity index is 896. The molecule has 116 valence electrons. The normalized spacial score (nSPS) is 10.7. The summed E-state index contributed by atoms with van der Waals surface area (Å²) in [5.74, 6) is -0.590. The van der Waals surface area contributed by atoms with Crippen molar-refractivity contribution in [3.8, 4) is 0 Å². The molecule has 0 aliphatic heterocycles. The van der Waals surface area contributed by atoms with E-state index in [1.54, 1.807) is 6.07 Å². The lowest BCUT2D eigenvalue weighted by Crippen LogP contribution is -2.14. The summed E-state index contributed by atoms with van der Waals surface area (Å²) >= 11 is 0. The fourth-order valence-electron chi connectivity index (χ4n) is 2.46. The van der Waals surface area contributed by atoms with E-state index in [0.29, 0.717) is 16.8 Å². The Morgan fingerprint density at radius 3 is 2.65 bits per heavy atom. The monoisotopic (exact) mass is 308 g/mol. The van der Waals surface area contributed by atoms with Gasteiger partial charge in [-0.25, -0.2) is 0 Å². The van der Waals surface area contributed by atoms with Crippen molar-refractivity contribution in [1.29, 1.82) is 0 Å². The van der Waals surface area contributed by atoms with Gasteiger partial charge in [-0.3, -0.25) is 9.59 Å². The average Bonchev–Trinajstić information content (AvgIpc) is 2.91. The zero-order valence-electron chi connectivity index (χ0n) is 12.9. The number of aromatic nitrogens is 2. The highest BCUT2D eigenvalue weighted by Crippen LogP contribution is 2.20. The molecule has 0 aliphatic carbocycles. The van der Waals surface area contributed by atoms with E-state index in [1.165, 1.54) is 11.6 Å². The number of esters is 1. The zero-order chi connectivity index (χ0) is 16.4. The molecule has 0 saturated carbocycles. The molecule has 1 aromatic heterocycles. The van der Waals surface area contributed by atoms with Crippen LogP contribution in [0.4, 0.5) is 0 Å². The van der Waals surface area contributed by atoms with E-state index in [4.69, 9.17) is 4.74 Å². The Morgan fingerprint density at radius 2 is 1.91 bits per heavy atom. The van der Waals surface area contributed by atoms with Crippen LogP contribution in [0.1, 0.15) is 28.5 Å². The van der Waals surface area contributed by atoms with Gasteiger partial charge in [-0.1, -0.05) is 35.9 Å². The van der Waals surface area contributed by atoms with Crippen LogP contribution in [0.2, 0.25) is 0 Å². The summed E-state index contributed by atoms with van der Waals surface area (Å²) < 4.78 is 6.39. The molecule has 0 saturated heterocycles. The van der Waals surface area contributed by atoms with E-state index >= 15 is 0 Å². The number of fused-ring (bicyclic) bond motifs is 1. The number of hydrogen-bond donors (Lipinski definition) is 0. The van der Waals surface area contributed by atoms with Gasteiger partial charge < -0.3 is 4.74 Å². The molecule has 3 rings (SSSR count). The molecule has 0 aliphatic rings. The Morgan fingerprint density at radius 1 is 1.13 bits per heavy atom. The fourth-order valence-corrected chi connectivity index (χ4v) is 2.46. The predicted molar refractivity (Wildman–Crippen MR) is 86.1 cm³/mol. The molecule has 0 bridgehead atoms. The Balaban J connectivity index is 2.07. The van der Waals surface area contributed by atoms with Crippen molar-refractivity contribution in [3.63, 3.8) is 0 Å². The third kappa shape index (κ3) is 2.99. The van der Waals surface area contributed by atoms with Gasteiger partial charge in [-0.2, -0.15) is 9.78 Å². The number of carbonyl (C=O) groups excluding carboxylic acids is 2. The highest BCUT2D eigenvalue weighted by atomic mass is 16.5. The number of carbonyl (C=O) groups is 2. The Hall–Kier alpha value is -2.95. The summed E-state index contributed by atoms with van der Waals surface area (Å²) in [5, 5.41) is 5.16. The number of hydrogen-bond acceptors (Lipinski definition) is 4. The van der Waals surface area contributed by atoms with Crippen LogP contribution in [0.25, 0.3) is 10.9 Å². The molecule has 5 nitrogen and oxygen atoms in total. The third-order valence-corrected chi connectivity index (χ3v) is 3.53. The van der Waals surface area contributed by atoms with Crippen molar-refractivity contribution in [2.24, 2.45) is 0 Å². The maximum Gasteiger partial charge on any atom is 0.303 e. The van der Waals surface area contributed by atoms with Gasteiger partial charge in [-0.05, 0) is 25.1 Å². The first-order valence-electron chi connectivity index (χ1n) is 7.27. The molecule has 0 radical (unpaired) electrons. The number of aryl methyl sites for hydroxylation is 1. The molecule has 1 heterocycles. The van der Waals surface area contributed by atoms with Crippen LogP contribution in [0.15, 0.2) is 48.5 Å². The molecule has 0 N–H and O–H groups in total. The van der Waals surface area contributed by atoms with Gasteiger partial charge in [-0.15, -0.1) is 0 Å². The van der Waals surface area contributed by atoms with Gasteiger partial charge in [0.05, 0.1) is 5.52 Å². The minimum atomic E-state index is -0.381. The summed E-state index contributed by atoms with van der Waals surface area (Å²) in [6, 6.07) is 14.8. The van der Waals surface area contributed by atoms with Crippen molar-refractivity contribution in [2.45, 2.75) is 20.5 Å². The summed E-state index contributed by atoms with van der Waals surface area (Å²) in [5.41, 5.74) is 2.84. The van der Waals surface area contributed by atoms with Crippen molar-refractivity contribution in [2.75, 3.05) is 0 Å². The quantitative estimate of drug-likeness (QED) is 0.698. The van der Waals surface area contributed by atoms with Crippen molar-refractivity contribution in [3.05, 3.63) is 65.4 Å². The van der Waals surface area contributed by atoms with Crippen LogP contribution in [-0.4, -0.2) is 21.7 Å². The summed E-state index contributed by atoms with van der Waals surface area (Å²) in [6.07, 6.45) is 0. The lowest BCUT2D eigenvalue weighted by atomic mass is 10.1. The topological polar surface area (TPSA) is 61.2 Å². The number of para-hydroxylation sites is 1. The first-order chi connectivity index (χ1) is 11.1. The summed E-state index contributed by atoms with van der Waals surface area (Å²) in [7, 11) is 0. The standard InChI is InChI=1S/C18H16N2O3/c1-12-6-5-7-14(10-12)18(22)20-17-9-4-3-8-15(17)16(19-20)11-23-13(2)21/h3-10H,11H2,1-2H3. The number of benzene rings is 2. The maximum absolute atomic E-state index is 12.8. The van der Waals surface area contributed by atoms with E-state index in [1.807, 2.05) is 49.4 Å². The minimum Gasteiger partial charge on any atom is -0.459 e. The largest absolute Gasteiger partial charge is 0.459 e. The van der Waals surface area contributed by atoms with Gasteiger partial charge in [0.2, 0.25) is 0 Å². The molecule has 0 amide bonds. The van der Waals surface area contributed by atoms with Crippen LogP contribution in [0, 0.1) is 6.92 Å². The molecule has 2 aromatic carbocycles. The second kappa shape index (κ2) is 6.04. The van der Waals surface area contributed by atoms with Crippen LogP contribution in [-0.2, 0) is 16.1 Å². The van der Waals surface area contributed by atoms with Crippen molar-refractivity contribution in [1.82, 2.24) is 9.78 Å². The molecule has 0 atom stereocenters. The van der Waals surface area contributed by atoms with Crippen molar-refractivity contribution < 1.29 is 14.3 Å². The Labute approximate surface area is 133 Å². The minimum absolute atomic E-state index is 0.0456. The number of nitrogens with zero attached hydrogens (tertiary/aromatic N) is 2. The second-order valence-electron chi connectivity index (χ2n) is 5.33. The van der Waals surface area contributed by atoms with Crippen LogP contribution >= 0.6 is 0 Å². The summed E-state index contributed by atoms with van der Waals surface area (Å²) in [6.45, 7) is 3.32. The van der Waals surface area contributed by atoms with Crippen LogP contribution in [0.3, 0.4) is 0 Å². The van der Waals surface area contributed by atoms with E-state index in [-0.39, 0.29) is 18.5 Å². The van der Waals surface area contributed by atoms with Gasteiger partial charge >= 0.3 is 5.97 Å². The first kappa shape index (κ1) is 15.0. The van der Waals surface area contributed by atoms with E-state index < -0.39 is 0 Å². The number of ether oxygens (including phenoxy) is 1. The average molecular weight is 308 g/mol. The molecule has 0 fully saturated rings. The molecule has 0 unspecified atom stereocenters. The van der Waals surface area contributed by atoms with Crippen LogP contribution in [0.5, 0.6) is 0 Å².